The molecule has 1 unspecified atom stereocenters. The average molecular weight is 403 g/mol. The minimum absolute atomic E-state index is 0.318. The summed E-state index contributed by atoms with van der Waals surface area (Å²) in [5.41, 5.74) is 9.64. The molecule has 0 aliphatic rings. The fourth-order valence-electron chi connectivity index (χ4n) is 3.40. The first-order valence-corrected chi connectivity index (χ1v) is 10.6. The van der Waals surface area contributed by atoms with Crippen molar-refractivity contribution in [3.8, 4) is 11.5 Å². The van der Waals surface area contributed by atoms with Gasteiger partial charge in [-0.05, 0) is 56.2 Å². The van der Waals surface area contributed by atoms with Crippen molar-refractivity contribution in [2.75, 3.05) is 5.73 Å². The van der Waals surface area contributed by atoms with E-state index in [4.69, 9.17) is 15.5 Å². The van der Waals surface area contributed by atoms with Crippen LogP contribution in [0.15, 0.2) is 65.9 Å². The standard InChI is InChI=1S/C25H30N4O/c1-4-6-10-19(5-2)24(23-18(3)25(26)28-17-27-23)29-20-13-15-22(16-14-20)30-21-11-8-7-9-12-21/h7-9,11-17,19H,4-6,10H2,1-3H3,(H2,26,27,28). The highest BCUT2D eigenvalue weighted by molar-refractivity contribution is 6.03. The highest BCUT2D eigenvalue weighted by atomic mass is 16.5. The summed E-state index contributed by atoms with van der Waals surface area (Å²) < 4.78 is 5.89. The number of hydrogen-bond donors (Lipinski definition) is 1. The molecule has 0 fully saturated rings. The van der Waals surface area contributed by atoms with Gasteiger partial charge < -0.3 is 10.5 Å². The van der Waals surface area contributed by atoms with Gasteiger partial charge in [0.1, 0.15) is 23.6 Å². The first-order chi connectivity index (χ1) is 14.6. The summed E-state index contributed by atoms with van der Waals surface area (Å²) in [6.45, 7) is 6.37. The molecule has 0 aliphatic heterocycles. The smallest absolute Gasteiger partial charge is 0.130 e. The van der Waals surface area contributed by atoms with E-state index in [1.165, 1.54) is 6.33 Å². The van der Waals surface area contributed by atoms with Crippen molar-refractivity contribution in [2.45, 2.75) is 46.5 Å². The van der Waals surface area contributed by atoms with Gasteiger partial charge in [0.05, 0.1) is 17.1 Å². The average Bonchev–Trinajstić information content (AvgIpc) is 2.77. The Balaban J connectivity index is 1.93. The third kappa shape index (κ3) is 5.44. The molecule has 0 bridgehead atoms. The number of nitrogens with two attached hydrogens (primary N) is 1. The van der Waals surface area contributed by atoms with Crippen molar-refractivity contribution >= 4 is 17.2 Å². The summed E-state index contributed by atoms with van der Waals surface area (Å²) in [7, 11) is 0. The molecule has 2 aromatic carbocycles. The first kappa shape index (κ1) is 21.5. The van der Waals surface area contributed by atoms with Crippen molar-refractivity contribution < 1.29 is 4.74 Å². The number of anilines is 1. The maximum atomic E-state index is 6.06. The zero-order valence-electron chi connectivity index (χ0n) is 18.0. The van der Waals surface area contributed by atoms with E-state index in [2.05, 4.69) is 23.8 Å². The van der Waals surface area contributed by atoms with E-state index in [-0.39, 0.29) is 0 Å². The Morgan fingerprint density at radius 2 is 1.70 bits per heavy atom. The largest absolute Gasteiger partial charge is 0.457 e. The predicted octanol–water partition coefficient (Wildman–Crippen LogP) is 6.50. The second-order valence-corrected chi connectivity index (χ2v) is 7.39. The molecule has 0 radical (unpaired) electrons. The van der Waals surface area contributed by atoms with Crippen LogP contribution in [0.2, 0.25) is 0 Å². The Bertz CT molecular complexity index is 968. The van der Waals surface area contributed by atoms with Crippen LogP contribution in [0.3, 0.4) is 0 Å². The molecule has 0 aliphatic carbocycles. The van der Waals surface area contributed by atoms with E-state index in [1.54, 1.807) is 0 Å². The molecule has 0 saturated heterocycles. The minimum Gasteiger partial charge on any atom is -0.457 e. The van der Waals surface area contributed by atoms with E-state index < -0.39 is 0 Å². The van der Waals surface area contributed by atoms with Gasteiger partial charge in [0.15, 0.2) is 0 Å². The molecule has 0 spiro atoms. The minimum atomic E-state index is 0.318. The van der Waals surface area contributed by atoms with Gasteiger partial charge in [-0.1, -0.05) is 44.9 Å². The molecule has 1 heterocycles. The van der Waals surface area contributed by atoms with Crippen LogP contribution in [0.25, 0.3) is 0 Å². The van der Waals surface area contributed by atoms with Crippen LogP contribution < -0.4 is 10.5 Å². The van der Waals surface area contributed by atoms with Crippen molar-refractivity contribution in [3.05, 3.63) is 72.2 Å². The molecule has 5 heteroatoms. The molecule has 0 saturated carbocycles. The van der Waals surface area contributed by atoms with Gasteiger partial charge in [-0.15, -0.1) is 0 Å². The van der Waals surface area contributed by atoms with E-state index in [1.807, 2.05) is 61.5 Å². The fourth-order valence-corrected chi connectivity index (χ4v) is 3.40. The zero-order valence-corrected chi connectivity index (χ0v) is 18.0. The van der Waals surface area contributed by atoms with Crippen LogP contribution in [0.1, 0.15) is 50.8 Å². The molecule has 156 valence electrons. The molecule has 30 heavy (non-hydrogen) atoms. The highest BCUT2D eigenvalue weighted by Crippen LogP contribution is 2.28. The van der Waals surface area contributed by atoms with Crippen LogP contribution in [0.5, 0.6) is 11.5 Å². The predicted molar refractivity (Wildman–Crippen MR) is 124 cm³/mol. The lowest BCUT2D eigenvalue weighted by Crippen LogP contribution is -2.19. The molecule has 3 aromatic rings. The maximum Gasteiger partial charge on any atom is 0.130 e. The van der Waals surface area contributed by atoms with Crippen molar-refractivity contribution in [1.82, 2.24) is 9.97 Å². The zero-order chi connectivity index (χ0) is 21.3. The number of nitrogen functional groups attached to an aromatic ring is 1. The summed E-state index contributed by atoms with van der Waals surface area (Å²) in [5.74, 6) is 2.41. The van der Waals surface area contributed by atoms with Gasteiger partial charge in [-0.25, -0.2) is 9.97 Å². The number of rotatable bonds is 9. The summed E-state index contributed by atoms with van der Waals surface area (Å²) in [4.78, 5) is 13.7. The van der Waals surface area contributed by atoms with Gasteiger partial charge in [0.2, 0.25) is 0 Å². The molecule has 1 aromatic heterocycles. The number of para-hydroxylation sites is 1. The van der Waals surface area contributed by atoms with Gasteiger partial charge in [0.25, 0.3) is 0 Å². The molecule has 1 atom stereocenters. The Hall–Kier alpha value is -3.21. The molecule has 0 amide bonds. The molecular weight excluding hydrogens is 372 g/mol. The van der Waals surface area contributed by atoms with Crippen molar-refractivity contribution in [1.29, 1.82) is 0 Å². The number of benzene rings is 2. The van der Waals surface area contributed by atoms with Gasteiger partial charge in [-0.2, -0.15) is 0 Å². The summed E-state index contributed by atoms with van der Waals surface area (Å²) in [5, 5.41) is 0. The van der Waals surface area contributed by atoms with Crippen LogP contribution in [-0.2, 0) is 0 Å². The van der Waals surface area contributed by atoms with Crippen LogP contribution in [0, 0.1) is 12.8 Å². The van der Waals surface area contributed by atoms with Gasteiger partial charge in [-0.3, -0.25) is 4.99 Å². The number of unbranched alkanes of at least 4 members (excludes halogenated alkanes) is 1. The Labute approximate surface area is 179 Å². The lowest BCUT2D eigenvalue weighted by atomic mass is 9.90. The normalized spacial score (nSPS) is 12.6. The monoisotopic (exact) mass is 402 g/mol. The summed E-state index contributed by atoms with van der Waals surface area (Å²) in [6.07, 6.45) is 5.90. The van der Waals surface area contributed by atoms with E-state index in [0.717, 1.165) is 59.8 Å². The Kier molecular flexibility index (Phi) is 7.55. The van der Waals surface area contributed by atoms with E-state index in [0.29, 0.717) is 11.7 Å². The first-order valence-electron chi connectivity index (χ1n) is 10.6. The van der Waals surface area contributed by atoms with Gasteiger partial charge >= 0.3 is 0 Å². The van der Waals surface area contributed by atoms with E-state index >= 15 is 0 Å². The van der Waals surface area contributed by atoms with Gasteiger partial charge in [0, 0.05) is 11.5 Å². The third-order valence-corrected chi connectivity index (χ3v) is 5.22. The molecule has 5 nitrogen and oxygen atoms in total. The molecule has 2 N–H and O–H groups in total. The second kappa shape index (κ2) is 10.5. The highest BCUT2D eigenvalue weighted by Gasteiger charge is 2.20. The number of ether oxygens (including phenoxy) is 1. The summed E-state index contributed by atoms with van der Waals surface area (Å²) in [6, 6.07) is 17.6. The number of aliphatic imine (C=N–C) groups is 1. The SMILES string of the molecule is CCCCC(CC)C(=Nc1ccc(Oc2ccccc2)cc1)c1ncnc(N)c1C. The number of nitrogens with zero attached hydrogens (tertiary/aromatic N) is 3. The Morgan fingerprint density at radius 3 is 2.37 bits per heavy atom. The van der Waals surface area contributed by atoms with Crippen molar-refractivity contribution in [2.24, 2.45) is 10.9 Å². The van der Waals surface area contributed by atoms with Crippen molar-refractivity contribution in [3.63, 3.8) is 0 Å². The number of hydrogen-bond acceptors (Lipinski definition) is 5. The van der Waals surface area contributed by atoms with Crippen LogP contribution in [0.4, 0.5) is 11.5 Å². The Morgan fingerprint density at radius 1 is 1.00 bits per heavy atom. The lowest BCUT2D eigenvalue weighted by molar-refractivity contribution is 0.483. The third-order valence-electron chi connectivity index (χ3n) is 5.22. The fraction of sp³-hybridized carbons (Fsp3) is 0.320. The van der Waals surface area contributed by atoms with Crippen LogP contribution >= 0.6 is 0 Å². The molecular formula is C25H30N4O. The maximum absolute atomic E-state index is 6.06. The second-order valence-electron chi connectivity index (χ2n) is 7.39. The summed E-state index contributed by atoms with van der Waals surface area (Å²) >= 11 is 0. The quantitative estimate of drug-likeness (QED) is 0.415. The van der Waals surface area contributed by atoms with E-state index in [9.17, 15) is 0 Å². The lowest BCUT2D eigenvalue weighted by Gasteiger charge is -2.19. The topological polar surface area (TPSA) is 73.4 Å². The molecule has 3 rings (SSSR count). The van der Waals surface area contributed by atoms with Crippen LogP contribution in [-0.4, -0.2) is 15.7 Å². The number of aromatic nitrogens is 2.